The number of hydrogen-bond donors (Lipinski definition) is 4. The number of aromatic carboxylic acids is 1. The average molecular weight is 515 g/mol. The van der Waals surface area contributed by atoms with Gasteiger partial charge >= 0.3 is 5.97 Å². The van der Waals surface area contributed by atoms with Crippen LogP contribution in [0.4, 0.5) is 0 Å². The Balaban J connectivity index is 1.84. The van der Waals surface area contributed by atoms with Gasteiger partial charge in [0.1, 0.15) is 11.5 Å². The highest BCUT2D eigenvalue weighted by molar-refractivity contribution is 6.22. The third-order valence-electron chi connectivity index (χ3n) is 5.93. The van der Waals surface area contributed by atoms with Crippen molar-refractivity contribution >= 4 is 29.4 Å². The van der Waals surface area contributed by atoms with Gasteiger partial charge < -0.3 is 15.0 Å². The van der Waals surface area contributed by atoms with E-state index in [0.717, 1.165) is 29.8 Å². The predicted octanol–water partition coefficient (Wildman–Crippen LogP) is 3.85. The summed E-state index contributed by atoms with van der Waals surface area (Å²) in [5.41, 5.74) is 3.87. The van der Waals surface area contributed by atoms with Gasteiger partial charge in [0.15, 0.2) is 0 Å². The number of alkyl halides is 1. The van der Waals surface area contributed by atoms with Gasteiger partial charge in [0.2, 0.25) is 5.91 Å². The third-order valence-corrected chi connectivity index (χ3v) is 6.23. The molecule has 2 aromatic rings. The summed E-state index contributed by atoms with van der Waals surface area (Å²) in [6, 6.07) is 5.90. The predicted molar refractivity (Wildman–Crippen MR) is 135 cm³/mol. The fraction of sp³-hybridized carbons (Fsp3) is 0.385. The minimum Gasteiger partial charge on any atom is -0.478 e. The summed E-state index contributed by atoms with van der Waals surface area (Å²) in [6.45, 7) is 2.41. The minimum atomic E-state index is -1.01. The number of imidazole rings is 1. The first-order valence-corrected chi connectivity index (χ1v) is 12.4. The summed E-state index contributed by atoms with van der Waals surface area (Å²) >= 11 is 6.22. The molecule has 1 aromatic carbocycles. The fourth-order valence-corrected chi connectivity index (χ4v) is 4.34. The number of hydrogen-bond acceptors (Lipinski definition) is 5. The van der Waals surface area contributed by atoms with Crippen molar-refractivity contribution in [3.63, 3.8) is 0 Å². The van der Waals surface area contributed by atoms with E-state index < -0.39 is 23.8 Å². The fourth-order valence-electron chi connectivity index (χ4n) is 4.07. The number of amides is 2. The molecular formula is C26H31ClN4O5. The lowest BCUT2D eigenvalue weighted by Crippen LogP contribution is -2.40. The molecule has 0 saturated carbocycles. The summed E-state index contributed by atoms with van der Waals surface area (Å²) in [6.07, 6.45) is 10.8. The van der Waals surface area contributed by atoms with Gasteiger partial charge in [-0.25, -0.2) is 15.3 Å². The van der Waals surface area contributed by atoms with E-state index in [-0.39, 0.29) is 17.4 Å². The van der Waals surface area contributed by atoms with E-state index in [9.17, 15) is 14.4 Å². The van der Waals surface area contributed by atoms with Crippen LogP contribution >= 0.6 is 11.6 Å². The molecule has 10 heteroatoms. The van der Waals surface area contributed by atoms with Gasteiger partial charge in [0.05, 0.1) is 17.1 Å². The van der Waals surface area contributed by atoms with Gasteiger partial charge in [-0.3, -0.25) is 14.8 Å². The number of carbonyl (C=O) groups excluding carboxylic acids is 2. The lowest BCUT2D eigenvalue weighted by Gasteiger charge is -2.21. The van der Waals surface area contributed by atoms with E-state index in [1.54, 1.807) is 17.6 Å². The Morgan fingerprint density at radius 3 is 2.64 bits per heavy atom. The van der Waals surface area contributed by atoms with Crippen LogP contribution in [0.5, 0.6) is 0 Å². The monoisotopic (exact) mass is 514 g/mol. The molecule has 3 rings (SSSR count). The van der Waals surface area contributed by atoms with Crippen LogP contribution < -0.4 is 10.8 Å². The Morgan fingerprint density at radius 2 is 2.00 bits per heavy atom. The highest BCUT2D eigenvalue weighted by Gasteiger charge is 2.23. The second-order valence-corrected chi connectivity index (χ2v) is 9.32. The maximum Gasteiger partial charge on any atom is 0.335 e. The molecule has 4 N–H and O–H groups in total. The number of carboxylic acid groups (broad SMARTS) is 1. The highest BCUT2D eigenvalue weighted by Crippen LogP contribution is 2.21. The highest BCUT2D eigenvalue weighted by atomic mass is 35.5. The molecule has 2 amide bonds. The van der Waals surface area contributed by atoms with Gasteiger partial charge in [0, 0.05) is 25.4 Å². The van der Waals surface area contributed by atoms with Crippen molar-refractivity contribution in [2.45, 2.75) is 63.4 Å². The maximum absolute atomic E-state index is 13.4. The van der Waals surface area contributed by atoms with Crippen molar-refractivity contribution in [3.8, 4) is 0 Å². The van der Waals surface area contributed by atoms with E-state index in [1.165, 1.54) is 18.3 Å². The topological polar surface area (TPSA) is 134 Å². The summed E-state index contributed by atoms with van der Waals surface area (Å²) in [5, 5.41) is 20.9. The third kappa shape index (κ3) is 7.53. The van der Waals surface area contributed by atoms with Crippen LogP contribution in [-0.2, 0) is 17.8 Å². The molecule has 0 aliphatic heterocycles. The quantitative estimate of drug-likeness (QED) is 0.193. The zero-order valence-corrected chi connectivity index (χ0v) is 20.9. The molecule has 0 spiro atoms. The van der Waals surface area contributed by atoms with Crippen molar-refractivity contribution in [1.82, 2.24) is 20.3 Å². The van der Waals surface area contributed by atoms with Crippen molar-refractivity contribution < 1.29 is 24.7 Å². The number of rotatable bonds is 12. The second kappa shape index (κ2) is 13.0. The lowest BCUT2D eigenvalue weighted by molar-refractivity contribution is -0.129. The normalized spacial score (nSPS) is 15.8. The van der Waals surface area contributed by atoms with E-state index in [1.807, 2.05) is 22.8 Å². The molecule has 1 aromatic heterocycles. The Hall–Kier alpha value is -3.43. The number of allylic oxidation sites excluding steroid dienone is 3. The Bertz CT molecular complexity index is 1140. The first kappa shape index (κ1) is 27.2. The Morgan fingerprint density at radius 1 is 1.25 bits per heavy atom. The number of aryl methyl sites for hydroxylation is 1. The van der Waals surface area contributed by atoms with Crippen LogP contribution in [0.2, 0.25) is 0 Å². The molecule has 1 aliphatic rings. The molecule has 9 nitrogen and oxygen atoms in total. The van der Waals surface area contributed by atoms with Gasteiger partial charge in [-0.1, -0.05) is 43.7 Å². The number of halogens is 1. The van der Waals surface area contributed by atoms with Crippen molar-refractivity contribution in [3.05, 3.63) is 76.9 Å². The van der Waals surface area contributed by atoms with Gasteiger partial charge in [-0.15, -0.1) is 11.6 Å². The van der Waals surface area contributed by atoms with E-state index in [4.69, 9.17) is 21.9 Å². The minimum absolute atomic E-state index is 0.117. The zero-order chi connectivity index (χ0) is 26.1. The zero-order valence-electron chi connectivity index (χ0n) is 20.1. The molecule has 0 saturated heterocycles. The number of nitrogens with zero attached hydrogens (tertiary/aromatic N) is 2. The van der Waals surface area contributed by atoms with Crippen LogP contribution in [0.1, 0.15) is 71.3 Å². The molecule has 0 bridgehead atoms. The first-order valence-electron chi connectivity index (χ1n) is 11.9. The van der Waals surface area contributed by atoms with Crippen LogP contribution in [0.15, 0.2) is 54.3 Å². The van der Waals surface area contributed by atoms with Crippen LogP contribution in [-0.4, -0.2) is 49.1 Å². The number of hydroxylamine groups is 1. The SMILES string of the molecule is CCCCc1ncc(C(=O)N[C@@H](CC(=O)NO)CC2=CC(Cl)CC=C2)n1Cc1ccc(C(=O)O)cc1. The molecule has 1 aliphatic carbocycles. The Kier molecular flexibility index (Phi) is 9.84. The van der Waals surface area contributed by atoms with Gasteiger partial charge in [-0.05, 0) is 42.5 Å². The van der Waals surface area contributed by atoms with Gasteiger partial charge in [-0.2, -0.15) is 0 Å². The molecule has 0 fully saturated rings. The van der Waals surface area contributed by atoms with Gasteiger partial charge in [0.25, 0.3) is 5.91 Å². The summed E-state index contributed by atoms with van der Waals surface area (Å²) in [7, 11) is 0. The summed E-state index contributed by atoms with van der Waals surface area (Å²) in [4.78, 5) is 40.9. The average Bonchev–Trinajstić information content (AvgIpc) is 3.25. The number of unbranched alkanes of at least 4 members (excludes halogenated alkanes) is 1. The van der Waals surface area contributed by atoms with Crippen LogP contribution in [0, 0.1) is 0 Å². The first-order chi connectivity index (χ1) is 17.3. The molecule has 0 radical (unpaired) electrons. The van der Waals surface area contributed by atoms with Crippen molar-refractivity contribution in [1.29, 1.82) is 0 Å². The molecule has 1 heterocycles. The second-order valence-electron chi connectivity index (χ2n) is 8.76. The van der Waals surface area contributed by atoms with Crippen LogP contribution in [0.3, 0.4) is 0 Å². The number of benzene rings is 1. The van der Waals surface area contributed by atoms with E-state index >= 15 is 0 Å². The molecule has 36 heavy (non-hydrogen) atoms. The summed E-state index contributed by atoms with van der Waals surface area (Å²) < 4.78 is 1.82. The maximum atomic E-state index is 13.4. The smallest absolute Gasteiger partial charge is 0.335 e. The molecule has 192 valence electrons. The Labute approximate surface area is 214 Å². The molecule has 2 atom stereocenters. The van der Waals surface area contributed by atoms with E-state index in [0.29, 0.717) is 31.5 Å². The number of carboxylic acids is 1. The number of carbonyl (C=O) groups is 3. The summed E-state index contributed by atoms with van der Waals surface area (Å²) in [5.74, 6) is -1.27. The lowest BCUT2D eigenvalue weighted by atomic mass is 9.98. The van der Waals surface area contributed by atoms with Crippen molar-refractivity contribution in [2.24, 2.45) is 0 Å². The standard InChI is InChI=1S/C26H31ClN4O5/c1-2-3-7-23-28-15-22(31(23)16-17-8-10-19(11-9-17)26(34)35)25(33)29-21(14-24(32)30-36)13-18-5-4-6-20(27)12-18/h4-5,8-12,15,20-21,36H,2-3,6-7,13-14,16H2,1H3,(H,29,33)(H,30,32)(H,34,35)/t20?,21-/m1/s1. The molecule has 1 unspecified atom stereocenters. The molecular weight excluding hydrogens is 484 g/mol. The number of aromatic nitrogens is 2. The van der Waals surface area contributed by atoms with E-state index in [2.05, 4.69) is 17.2 Å². The van der Waals surface area contributed by atoms with Crippen molar-refractivity contribution in [2.75, 3.05) is 0 Å². The largest absolute Gasteiger partial charge is 0.478 e. The van der Waals surface area contributed by atoms with Crippen LogP contribution in [0.25, 0.3) is 0 Å². The number of nitrogens with one attached hydrogen (secondary N) is 2.